The van der Waals surface area contributed by atoms with Gasteiger partial charge < -0.3 is 20.3 Å². The fourth-order valence-corrected chi connectivity index (χ4v) is 3.85. The highest BCUT2D eigenvalue weighted by molar-refractivity contribution is 6.01. The number of nitrogen functional groups attached to an aromatic ring is 1. The lowest BCUT2D eigenvalue weighted by Gasteiger charge is -2.33. The Bertz CT molecular complexity index is 1070. The Balaban J connectivity index is 1.93. The van der Waals surface area contributed by atoms with E-state index in [0.717, 1.165) is 0 Å². The second kappa shape index (κ2) is 8.72. The van der Waals surface area contributed by atoms with Crippen LogP contribution in [-0.4, -0.2) is 52.6 Å². The lowest BCUT2D eigenvalue weighted by Crippen LogP contribution is -2.41. The molecule has 162 valence electrons. The molecule has 1 aromatic heterocycles. The van der Waals surface area contributed by atoms with Crippen LogP contribution in [0.1, 0.15) is 40.9 Å². The number of rotatable bonds is 7. The van der Waals surface area contributed by atoms with Crippen LogP contribution in [0.3, 0.4) is 0 Å². The molecule has 10 heteroatoms. The van der Waals surface area contributed by atoms with Gasteiger partial charge in [0.2, 0.25) is 0 Å². The number of nitrogens with zero attached hydrogens (tertiary/aromatic N) is 2. The molecule has 1 aromatic carbocycles. The Hall–Kier alpha value is -3.11. The predicted octanol–water partition coefficient (Wildman–Crippen LogP) is 0.278. The first kappa shape index (κ1) is 21.6. The van der Waals surface area contributed by atoms with Crippen LogP contribution in [0.15, 0.2) is 21.7 Å². The minimum Gasteiger partial charge on any atom is -0.496 e. The first-order chi connectivity index (χ1) is 14.3. The summed E-state index contributed by atoms with van der Waals surface area (Å²) >= 11 is 0. The van der Waals surface area contributed by atoms with Gasteiger partial charge in [-0.25, -0.2) is 4.79 Å². The van der Waals surface area contributed by atoms with Gasteiger partial charge in [-0.2, -0.15) is 0 Å². The average Bonchev–Trinajstić information content (AvgIpc) is 2.70. The van der Waals surface area contributed by atoms with Crippen molar-refractivity contribution in [3.63, 3.8) is 0 Å². The summed E-state index contributed by atoms with van der Waals surface area (Å²) in [6, 6.07) is 3.46. The smallest absolute Gasteiger partial charge is 0.329 e. The summed E-state index contributed by atoms with van der Waals surface area (Å²) in [6.45, 7) is 2.45. The molecule has 0 amide bonds. The molecule has 1 atom stereocenters. The largest absolute Gasteiger partial charge is 0.496 e. The van der Waals surface area contributed by atoms with Crippen LogP contribution in [-0.2, 0) is 13.1 Å². The Morgan fingerprint density at radius 3 is 2.57 bits per heavy atom. The molecule has 0 saturated heterocycles. The van der Waals surface area contributed by atoms with E-state index in [4.69, 9.17) is 15.2 Å². The first-order valence-corrected chi connectivity index (χ1v) is 9.62. The zero-order valence-corrected chi connectivity index (χ0v) is 17.2. The van der Waals surface area contributed by atoms with E-state index in [1.54, 1.807) is 17.0 Å². The van der Waals surface area contributed by atoms with Crippen molar-refractivity contribution in [3.05, 3.63) is 49.7 Å². The number of methoxy groups -OCH3 is 2. The number of ether oxygens (including phenoxy) is 2. The molecule has 0 spiro atoms. The number of β-amino-alcohol motifs (C(OH)–C–C–N with tert-alkyl or cyclic N) is 1. The number of carbonyl (C=O) groups excluding carboxylic acids is 1. The van der Waals surface area contributed by atoms with Crippen molar-refractivity contribution in [2.45, 2.75) is 32.5 Å². The number of nitrogens with two attached hydrogens (primary N) is 1. The number of carbonyl (C=O) groups is 1. The zero-order valence-electron chi connectivity index (χ0n) is 17.2. The average molecular weight is 418 g/mol. The van der Waals surface area contributed by atoms with Crippen molar-refractivity contribution >= 4 is 11.6 Å². The monoisotopic (exact) mass is 418 g/mol. The summed E-state index contributed by atoms with van der Waals surface area (Å²) in [7, 11) is 3.04. The van der Waals surface area contributed by atoms with Crippen LogP contribution >= 0.6 is 0 Å². The fraction of sp³-hybridized carbons (Fsp3) is 0.450. The number of aromatic amines is 1. The van der Waals surface area contributed by atoms with Gasteiger partial charge in [-0.15, -0.1) is 0 Å². The molecule has 1 aliphatic rings. The summed E-state index contributed by atoms with van der Waals surface area (Å²) < 4.78 is 11.9. The van der Waals surface area contributed by atoms with E-state index in [1.807, 2.05) is 6.92 Å². The number of hydrogen-bond donors (Lipinski definition) is 3. The number of aliphatic hydroxyl groups excluding tert-OH is 1. The van der Waals surface area contributed by atoms with Gasteiger partial charge in [0.15, 0.2) is 5.78 Å². The molecule has 0 bridgehead atoms. The predicted molar refractivity (Wildman–Crippen MR) is 110 cm³/mol. The van der Waals surface area contributed by atoms with Gasteiger partial charge in [0.25, 0.3) is 5.56 Å². The van der Waals surface area contributed by atoms with Gasteiger partial charge in [0.1, 0.15) is 22.9 Å². The standard InChI is InChI=1S/C20H26N4O6/c1-4-7-24-18(21)17(19(27)22-20(24)28)13(26)10-23-8-11-14(29-2)5-6-15(30-3)16(11)12(25)9-23/h5-6,12,25H,4,7-10,21H2,1-3H3,(H,22,27,28)/t12-/m1/s1. The van der Waals surface area contributed by atoms with Crippen LogP contribution in [0.4, 0.5) is 5.82 Å². The third-order valence-corrected chi connectivity index (χ3v) is 5.19. The van der Waals surface area contributed by atoms with E-state index in [-0.39, 0.29) is 31.0 Å². The molecule has 0 unspecified atom stereocenters. The molecule has 3 rings (SSSR count). The highest BCUT2D eigenvalue weighted by Crippen LogP contribution is 2.39. The SMILES string of the molecule is CCCn1c(N)c(C(=O)CN2Cc3c(OC)ccc(OC)c3[C@H](O)C2)c(=O)[nH]c1=O. The Morgan fingerprint density at radius 2 is 1.93 bits per heavy atom. The van der Waals surface area contributed by atoms with E-state index in [1.165, 1.54) is 18.8 Å². The molecule has 2 aromatic rings. The van der Waals surface area contributed by atoms with Crippen LogP contribution in [0.5, 0.6) is 11.5 Å². The number of ketones is 1. The van der Waals surface area contributed by atoms with Gasteiger partial charge in [0, 0.05) is 30.8 Å². The Kier molecular flexibility index (Phi) is 6.28. The van der Waals surface area contributed by atoms with E-state index in [9.17, 15) is 19.5 Å². The van der Waals surface area contributed by atoms with Crippen LogP contribution in [0.2, 0.25) is 0 Å². The quantitative estimate of drug-likeness (QED) is 0.545. The number of Topliss-reactive ketones (excluding diaryl/α,β-unsaturated/α-hetero) is 1. The van der Waals surface area contributed by atoms with Crippen LogP contribution < -0.4 is 26.5 Å². The highest BCUT2D eigenvalue weighted by atomic mass is 16.5. The first-order valence-electron chi connectivity index (χ1n) is 9.62. The van der Waals surface area contributed by atoms with Crippen LogP contribution in [0.25, 0.3) is 0 Å². The van der Waals surface area contributed by atoms with E-state index in [0.29, 0.717) is 35.6 Å². The fourth-order valence-electron chi connectivity index (χ4n) is 3.85. The maximum Gasteiger partial charge on any atom is 0.329 e. The topological polar surface area (TPSA) is 140 Å². The van der Waals surface area contributed by atoms with Gasteiger partial charge in [-0.3, -0.25) is 24.0 Å². The number of nitrogens with one attached hydrogen (secondary N) is 1. The molecule has 4 N–H and O–H groups in total. The maximum absolute atomic E-state index is 12.9. The van der Waals surface area contributed by atoms with E-state index < -0.39 is 23.1 Å². The summed E-state index contributed by atoms with van der Waals surface area (Å²) in [5, 5.41) is 10.7. The number of benzene rings is 1. The molecule has 10 nitrogen and oxygen atoms in total. The van der Waals surface area contributed by atoms with Crippen molar-refractivity contribution in [2.75, 3.05) is 33.0 Å². The normalized spacial score (nSPS) is 16.2. The van der Waals surface area contributed by atoms with E-state index in [2.05, 4.69) is 4.98 Å². The maximum atomic E-state index is 12.9. The second-order valence-corrected chi connectivity index (χ2v) is 7.14. The number of hydrogen-bond acceptors (Lipinski definition) is 8. The molecule has 2 heterocycles. The summed E-state index contributed by atoms with van der Waals surface area (Å²) in [6.07, 6.45) is -0.295. The molecule has 0 saturated carbocycles. The van der Waals surface area contributed by atoms with Crippen molar-refractivity contribution in [1.29, 1.82) is 0 Å². The molecule has 1 aliphatic heterocycles. The summed E-state index contributed by atoms with van der Waals surface area (Å²) in [4.78, 5) is 41.0. The second-order valence-electron chi connectivity index (χ2n) is 7.14. The molecular weight excluding hydrogens is 392 g/mol. The van der Waals surface area contributed by atoms with Gasteiger partial charge >= 0.3 is 5.69 Å². The third kappa shape index (κ3) is 3.83. The number of H-pyrrole nitrogens is 1. The van der Waals surface area contributed by atoms with Crippen molar-refractivity contribution in [1.82, 2.24) is 14.5 Å². The number of anilines is 1. The minimum atomic E-state index is -0.906. The van der Waals surface area contributed by atoms with Crippen LogP contribution in [0, 0.1) is 0 Å². The Labute approximate surface area is 172 Å². The van der Waals surface area contributed by atoms with E-state index >= 15 is 0 Å². The molecule has 0 aliphatic carbocycles. The summed E-state index contributed by atoms with van der Waals surface area (Å²) in [5.74, 6) is 0.427. The van der Waals surface area contributed by atoms with Gasteiger partial charge in [-0.1, -0.05) is 6.92 Å². The molecule has 30 heavy (non-hydrogen) atoms. The lowest BCUT2D eigenvalue weighted by atomic mass is 9.95. The van der Waals surface area contributed by atoms with Crippen molar-refractivity contribution in [2.24, 2.45) is 0 Å². The lowest BCUT2D eigenvalue weighted by molar-refractivity contribution is 0.0735. The zero-order chi connectivity index (χ0) is 22.0. The van der Waals surface area contributed by atoms with Crippen molar-refractivity contribution < 1.29 is 19.4 Å². The van der Waals surface area contributed by atoms with Gasteiger partial charge in [0.05, 0.1) is 26.9 Å². The third-order valence-electron chi connectivity index (χ3n) is 5.19. The number of aliphatic hydroxyl groups is 1. The van der Waals surface area contributed by atoms with Gasteiger partial charge in [-0.05, 0) is 18.6 Å². The van der Waals surface area contributed by atoms with Crippen molar-refractivity contribution in [3.8, 4) is 11.5 Å². The molecule has 0 radical (unpaired) electrons. The summed E-state index contributed by atoms with van der Waals surface area (Å²) in [5.41, 5.74) is 5.61. The highest BCUT2D eigenvalue weighted by Gasteiger charge is 2.31. The molecular formula is C20H26N4O6. The minimum absolute atomic E-state index is 0.146. The Morgan fingerprint density at radius 1 is 1.27 bits per heavy atom. The number of aromatic nitrogens is 2. The molecule has 0 fully saturated rings. The number of fused-ring (bicyclic) bond motifs is 1.